The molecule has 12 nitrogen and oxygen atoms in total. The third-order valence-corrected chi connectivity index (χ3v) is 11.2. The quantitative estimate of drug-likeness (QED) is 0.270. The minimum absolute atomic E-state index is 0.170. The van der Waals surface area contributed by atoms with Crippen molar-refractivity contribution in [2.24, 2.45) is 0 Å². The smallest absolute Gasteiger partial charge is 0.297 e. The summed E-state index contributed by atoms with van der Waals surface area (Å²) in [6, 6.07) is 17.5. The molecule has 3 aromatic carbocycles. The number of ether oxygens (including phenoxy) is 3. The Hall–Kier alpha value is -2.73. The van der Waals surface area contributed by atoms with Gasteiger partial charge in [0.05, 0.1) is 21.3 Å². The van der Waals surface area contributed by atoms with Crippen LogP contribution in [0.5, 0.6) is 0 Å². The van der Waals surface area contributed by atoms with Crippen LogP contribution in [-0.4, -0.2) is 68.4 Å². The largest absolute Gasteiger partial charge is 0.341 e. The highest BCUT2D eigenvalue weighted by Gasteiger charge is 2.59. The van der Waals surface area contributed by atoms with Gasteiger partial charge in [0, 0.05) is 0 Å². The van der Waals surface area contributed by atoms with Gasteiger partial charge < -0.3 is 14.2 Å². The summed E-state index contributed by atoms with van der Waals surface area (Å²) in [7, 11) is -13.5. The summed E-state index contributed by atoms with van der Waals surface area (Å²) in [5.41, 5.74) is 2.41. The van der Waals surface area contributed by atoms with E-state index < -0.39 is 73.5 Å². The molecule has 0 amide bonds. The monoisotopic (exact) mass is 682 g/mol. The minimum atomic E-state index is -4.56. The number of fused-ring (bicyclic) bond motifs is 1. The van der Waals surface area contributed by atoms with Crippen LogP contribution in [-0.2, 0) is 57.1 Å². The predicted molar refractivity (Wildman–Crippen MR) is 159 cm³/mol. The maximum atomic E-state index is 13.4. The Bertz CT molecular complexity index is 1840. The van der Waals surface area contributed by atoms with Gasteiger partial charge in [0.15, 0.2) is 12.1 Å². The van der Waals surface area contributed by atoms with E-state index in [9.17, 15) is 25.3 Å². The van der Waals surface area contributed by atoms with E-state index in [1.807, 2.05) is 0 Å². The lowest BCUT2D eigenvalue weighted by Crippen LogP contribution is -2.47. The fourth-order valence-corrected chi connectivity index (χ4v) is 7.93. The van der Waals surface area contributed by atoms with Gasteiger partial charge in [0.2, 0.25) is 0 Å². The Balaban J connectivity index is 1.51. The molecule has 15 heteroatoms. The van der Waals surface area contributed by atoms with Crippen LogP contribution in [0.1, 0.15) is 30.5 Å². The van der Waals surface area contributed by atoms with Gasteiger partial charge in [-0.2, -0.15) is 25.3 Å². The lowest BCUT2D eigenvalue weighted by atomic mass is 10.1. The van der Waals surface area contributed by atoms with Crippen molar-refractivity contribution in [3.63, 3.8) is 0 Å². The molecule has 2 aliphatic heterocycles. The molecule has 2 fully saturated rings. The predicted octanol–water partition coefficient (Wildman–Crippen LogP) is 3.74. The van der Waals surface area contributed by atoms with Crippen LogP contribution in [0, 0.1) is 20.8 Å². The number of benzene rings is 3. The van der Waals surface area contributed by atoms with Crippen LogP contribution in [0.15, 0.2) is 87.5 Å². The van der Waals surface area contributed by atoms with E-state index in [0.717, 1.165) is 16.7 Å². The van der Waals surface area contributed by atoms with E-state index >= 15 is 0 Å². The Morgan fingerprint density at radius 3 is 1.60 bits per heavy atom. The van der Waals surface area contributed by atoms with Gasteiger partial charge in [0.25, 0.3) is 30.4 Å². The number of hydrogen-bond donors (Lipinski definition) is 0. The zero-order valence-electron chi connectivity index (χ0n) is 25.1. The Kier molecular flexibility index (Phi) is 9.32. The maximum absolute atomic E-state index is 13.4. The molecule has 0 radical (unpaired) electrons. The van der Waals surface area contributed by atoms with Crippen LogP contribution < -0.4 is 0 Å². The van der Waals surface area contributed by atoms with Crippen LogP contribution in [0.4, 0.5) is 0 Å². The molecule has 0 bridgehead atoms. The molecule has 0 spiro atoms. The van der Waals surface area contributed by atoms with Gasteiger partial charge in [-0.3, -0.25) is 12.5 Å². The van der Waals surface area contributed by atoms with Crippen molar-refractivity contribution in [2.75, 3.05) is 6.61 Å². The molecule has 0 N–H and O–H groups in total. The van der Waals surface area contributed by atoms with E-state index in [4.69, 9.17) is 26.8 Å². The molecule has 0 aromatic heterocycles. The minimum Gasteiger partial charge on any atom is -0.341 e. The lowest BCUT2D eigenvalue weighted by Gasteiger charge is -2.30. The Morgan fingerprint density at radius 2 is 1.11 bits per heavy atom. The maximum Gasteiger partial charge on any atom is 0.297 e. The second-order valence-corrected chi connectivity index (χ2v) is 16.1. The molecule has 2 heterocycles. The van der Waals surface area contributed by atoms with E-state index in [1.165, 1.54) is 36.4 Å². The summed E-state index contributed by atoms with van der Waals surface area (Å²) >= 11 is 0. The van der Waals surface area contributed by atoms with Gasteiger partial charge in [-0.15, -0.1) is 0 Å². The summed E-state index contributed by atoms with van der Waals surface area (Å²) in [4.78, 5) is -0.576. The van der Waals surface area contributed by atoms with Crippen molar-refractivity contribution in [1.82, 2.24) is 0 Å². The third kappa shape index (κ3) is 7.64. The standard InChI is InChI=1S/C30H34O12S3/c1-19-6-12-22(13-7-19)43(31,32)37-18-25(41-44(33,34)23-14-8-20(2)9-15-23)26-27(28-29(38-26)40-30(4,5)39-28)42-45(35,36)24-16-10-21(3)11-17-24/h6-17,25-29H,18H2,1-5H3/t25-,26-,27+,28-,29-/m1/s1. The SMILES string of the molecule is Cc1ccc(S(=O)(=O)OC[C@@H](OS(=O)(=O)c2ccc(C)cc2)[C@H]2O[C@@H]3OC(C)(C)O[C@@H]3[C@H]2OS(=O)(=O)c2ccc(C)cc2)cc1. The van der Waals surface area contributed by atoms with E-state index in [-0.39, 0.29) is 14.7 Å². The van der Waals surface area contributed by atoms with Gasteiger partial charge in [-0.05, 0) is 71.0 Å². The molecule has 0 saturated carbocycles. The summed E-state index contributed by atoms with van der Waals surface area (Å²) in [6.07, 6.45) is -7.19. The van der Waals surface area contributed by atoms with Crippen molar-refractivity contribution in [1.29, 1.82) is 0 Å². The molecule has 45 heavy (non-hydrogen) atoms. The molecule has 244 valence electrons. The van der Waals surface area contributed by atoms with E-state index in [2.05, 4.69) is 0 Å². The molecule has 5 atom stereocenters. The van der Waals surface area contributed by atoms with Crippen molar-refractivity contribution in [3.05, 3.63) is 89.5 Å². The average molecular weight is 683 g/mol. The molecule has 0 unspecified atom stereocenters. The van der Waals surface area contributed by atoms with Crippen LogP contribution in [0.2, 0.25) is 0 Å². The first-order chi connectivity index (χ1) is 21.0. The van der Waals surface area contributed by atoms with Crippen LogP contribution in [0.25, 0.3) is 0 Å². The summed E-state index contributed by atoms with van der Waals surface area (Å²) in [6.45, 7) is 7.62. The normalized spacial score (nSPS) is 23.9. The first-order valence-corrected chi connectivity index (χ1v) is 18.2. The highest BCUT2D eigenvalue weighted by atomic mass is 32.2. The zero-order chi connectivity index (χ0) is 32.8. The van der Waals surface area contributed by atoms with Gasteiger partial charge in [0.1, 0.15) is 24.4 Å². The number of rotatable bonds is 11. The highest BCUT2D eigenvalue weighted by Crippen LogP contribution is 2.42. The second-order valence-electron chi connectivity index (χ2n) is 11.4. The highest BCUT2D eigenvalue weighted by molar-refractivity contribution is 7.87. The van der Waals surface area contributed by atoms with E-state index in [1.54, 1.807) is 71.0 Å². The van der Waals surface area contributed by atoms with Crippen LogP contribution in [0.3, 0.4) is 0 Å². The number of aryl methyl sites for hydroxylation is 3. The lowest BCUT2D eigenvalue weighted by molar-refractivity contribution is -0.223. The van der Waals surface area contributed by atoms with Crippen molar-refractivity contribution < 1.29 is 52.0 Å². The summed E-state index contributed by atoms with van der Waals surface area (Å²) in [5, 5.41) is 0. The summed E-state index contributed by atoms with van der Waals surface area (Å²) < 4.78 is 114. The Morgan fingerprint density at radius 1 is 0.667 bits per heavy atom. The fraction of sp³-hybridized carbons (Fsp3) is 0.400. The van der Waals surface area contributed by atoms with Gasteiger partial charge in [-0.1, -0.05) is 53.1 Å². The van der Waals surface area contributed by atoms with E-state index in [0.29, 0.717) is 0 Å². The van der Waals surface area contributed by atoms with Crippen molar-refractivity contribution in [2.45, 2.75) is 85.8 Å². The first kappa shape index (κ1) is 33.6. The molecule has 3 aromatic rings. The topological polar surface area (TPSA) is 158 Å². The molecule has 5 rings (SSSR count). The Labute approximate surface area is 263 Å². The molecule has 0 aliphatic carbocycles. The van der Waals surface area contributed by atoms with Crippen LogP contribution >= 0.6 is 0 Å². The van der Waals surface area contributed by atoms with Gasteiger partial charge in [-0.25, -0.2) is 0 Å². The molecule has 2 aliphatic rings. The van der Waals surface area contributed by atoms with Crippen molar-refractivity contribution in [3.8, 4) is 0 Å². The average Bonchev–Trinajstić information content (AvgIpc) is 3.43. The third-order valence-electron chi connectivity index (χ3n) is 7.20. The van der Waals surface area contributed by atoms with Crippen molar-refractivity contribution >= 4 is 30.4 Å². The zero-order valence-corrected chi connectivity index (χ0v) is 27.6. The molecular formula is C30H34O12S3. The summed E-state index contributed by atoms with van der Waals surface area (Å²) in [5.74, 6) is -1.20. The molecule has 2 saturated heterocycles. The fourth-order valence-electron chi connectivity index (χ4n) is 4.85. The van der Waals surface area contributed by atoms with Gasteiger partial charge >= 0.3 is 0 Å². The molecular weight excluding hydrogens is 649 g/mol. The second kappa shape index (κ2) is 12.5. The number of hydrogen-bond acceptors (Lipinski definition) is 12. The first-order valence-electron chi connectivity index (χ1n) is 13.9.